The second-order valence-corrected chi connectivity index (χ2v) is 12.8. The normalized spacial score (nSPS) is 10.6. The maximum atomic E-state index is 9.20. The van der Waals surface area contributed by atoms with Gasteiger partial charge in [0.15, 0.2) is 5.82 Å². The zero-order valence-electron chi connectivity index (χ0n) is 31.1. The molecule has 13 heteroatoms. The Hall–Kier alpha value is -5.07. The predicted octanol–water partition coefficient (Wildman–Crippen LogP) is 7.23. The molecule has 0 radical (unpaired) electrons. The Morgan fingerprint density at radius 1 is 0.735 bits per heavy atom. The lowest BCUT2D eigenvalue weighted by atomic mass is 10.1. The lowest BCUT2D eigenvalue weighted by molar-refractivity contribution is -0.910. The fraction of sp³-hybridized carbons (Fsp3) is 0.472. The van der Waals surface area contributed by atoms with Gasteiger partial charge in [0.05, 0.1) is 5.69 Å². The van der Waals surface area contributed by atoms with Gasteiger partial charge in [-0.3, -0.25) is 15.2 Å². The number of nitrogens with zero attached hydrogens (tertiary/aromatic N) is 11. The first-order valence-corrected chi connectivity index (χ1v) is 16.6. The molecule has 13 nitrogen and oxygen atoms in total. The molecular formula is C36H54N11O2+. The lowest BCUT2D eigenvalue weighted by Crippen LogP contribution is -2.34. The van der Waals surface area contributed by atoms with Crippen molar-refractivity contribution in [2.24, 2.45) is 7.05 Å². The van der Waals surface area contributed by atoms with E-state index >= 15 is 0 Å². The third-order valence-electron chi connectivity index (χ3n) is 6.70. The molecule has 6 aromatic rings. The summed E-state index contributed by atoms with van der Waals surface area (Å²) < 4.78 is 10.0. The van der Waals surface area contributed by atoms with Gasteiger partial charge in [-0.25, -0.2) is 14.5 Å². The monoisotopic (exact) mass is 672 g/mol. The van der Waals surface area contributed by atoms with Crippen LogP contribution in [-0.2, 0) is 7.05 Å². The Bertz CT molecular complexity index is 1720. The summed E-state index contributed by atoms with van der Waals surface area (Å²) in [5.74, 6) is 6.09. The van der Waals surface area contributed by atoms with E-state index in [0.29, 0.717) is 47.1 Å². The number of aryl methyl sites for hydroxylation is 2. The van der Waals surface area contributed by atoms with E-state index in [2.05, 4.69) is 81.8 Å². The van der Waals surface area contributed by atoms with E-state index < -0.39 is 0 Å². The van der Waals surface area contributed by atoms with Crippen LogP contribution in [-0.4, -0.2) is 54.5 Å². The zero-order valence-corrected chi connectivity index (χ0v) is 31.1. The highest BCUT2D eigenvalue weighted by atomic mass is 16.5. The number of hydrogen-bond acceptors (Lipinski definition) is 10. The van der Waals surface area contributed by atoms with E-state index in [1.807, 2.05) is 76.1 Å². The average Bonchev–Trinajstić information content (AvgIpc) is 3.82. The fourth-order valence-corrected chi connectivity index (χ4v) is 3.99. The lowest BCUT2D eigenvalue weighted by Gasteiger charge is -2.02. The number of fused-ring (bicyclic) bond motifs is 1. The van der Waals surface area contributed by atoms with Crippen molar-refractivity contribution in [1.82, 2.24) is 49.3 Å². The van der Waals surface area contributed by atoms with Gasteiger partial charge in [-0.05, 0) is 18.1 Å². The van der Waals surface area contributed by atoms with Crippen molar-refractivity contribution < 1.29 is 14.4 Å². The Labute approximate surface area is 290 Å². The van der Waals surface area contributed by atoms with Crippen LogP contribution in [0.15, 0.2) is 78.3 Å². The van der Waals surface area contributed by atoms with E-state index in [1.54, 1.807) is 48.5 Å². The summed E-state index contributed by atoms with van der Waals surface area (Å²) in [4.78, 5) is 20.6. The molecule has 1 N–H and O–H groups in total. The predicted molar refractivity (Wildman–Crippen MR) is 189 cm³/mol. The van der Waals surface area contributed by atoms with Crippen LogP contribution in [0, 0.1) is 6.92 Å². The molecule has 0 bridgehead atoms. The van der Waals surface area contributed by atoms with Crippen LogP contribution in [0.3, 0.4) is 0 Å². The van der Waals surface area contributed by atoms with Crippen LogP contribution in [0.5, 0.6) is 0 Å². The minimum absolute atomic E-state index is 0.339. The highest BCUT2D eigenvalue weighted by Crippen LogP contribution is 2.11. The van der Waals surface area contributed by atoms with E-state index in [4.69, 9.17) is 4.42 Å². The van der Waals surface area contributed by atoms with Crippen molar-refractivity contribution in [3.8, 4) is 0 Å². The molecule has 49 heavy (non-hydrogen) atoms. The fourth-order valence-electron chi connectivity index (χ4n) is 3.99. The summed E-state index contributed by atoms with van der Waals surface area (Å²) in [5, 5.41) is 21.0. The Kier molecular flexibility index (Phi) is 16.6. The third-order valence-corrected chi connectivity index (χ3v) is 6.70. The standard InChI is InChI=1S/C8H10N4.C8H12NO.C7H12N2.C7H10N2.C6H10N2O/c1-6(2)7-10-8-9-4-3-5-12(8)11-7;1-7(2)8-5-3-4-6-9(8)10;1-6(2)7-8-4-5-9(7)3;1-6(2)7-5-8-3-4-9-7;1-4(2)6-8-7-5(3)9-6/h3-6H,1-2H3;3-7,10H,1-2H3;4-6H,1-3H3;3-6H,1-2H3;4H,1-3H3/q;+1;;;. The Balaban J connectivity index is 0.000000214. The summed E-state index contributed by atoms with van der Waals surface area (Å²) in [5.41, 5.74) is 1.99. The SMILES string of the molecule is CC(C)c1cccc[n+]1O.CC(C)c1cnccn1.CC(C)c1nc2ncccn2n1.CC(C)c1nccn1C.Cc1nnc(C(C)C)o1. The molecule has 0 aliphatic rings. The number of aromatic nitrogens is 11. The first-order valence-electron chi connectivity index (χ1n) is 16.6. The van der Waals surface area contributed by atoms with Crippen molar-refractivity contribution in [3.63, 3.8) is 0 Å². The molecule has 6 rings (SSSR count). The van der Waals surface area contributed by atoms with Gasteiger partial charge in [0.25, 0.3) is 5.78 Å². The number of imidazole rings is 1. The summed E-state index contributed by atoms with van der Waals surface area (Å²) in [6, 6.07) is 7.46. The van der Waals surface area contributed by atoms with Crippen LogP contribution < -0.4 is 4.73 Å². The molecule has 0 aliphatic heterocycles. The molecule has 0 aliphatic carbocycles. The number of pyridine rings is 1. The highest BCUT2D eigenvalue weighted by Gasteiger charge is 2.11. The van der Waals surface area contributed by atoms with Gasteiger partial charge >= 0.3 is 0 Å². The molecule has 0 aromatic carbocycles. The van der Waals surface area contributed by atoms with Crippen LogP contribution in [0.25, 0.3) is 5.78 Å². The number of hydrogen-bond donors (Lipinski definition) is 1. The van der Waals surface area contributed by atoms with E-state index in [-0.39, 0.29) is 0 Å². The van der Waals surface area contributed by atoms with Gasteiger partial charge in [0.1, 0.15) is 5.82 Å². The average molecular weight is 673 g/mol. The summed E-state index contributed by atoms with van der Waals surface area (Å²) in [6.07, 6.45) is 14.2. The smallest absolute Gasteiger partial charge is 0.252 e. The first kappa shape index (κ1) is 40.1. The molecular weight excluding hydrogens is 618 g/mol. The van der Waals surface area contributed by atoms with E-state index in [0.717, 1.165) is 27.8 Å². The van der Waals surface area contributed by atoms with Crippen molar-refractivity contribution in [3.05, 3.63) is 109 Å². The summed E-state index contributed by atoms with van der Waals surface area (Å²) in [7, 11) is 2.02. The Morgan fingerprint density at radius 3 is 1.86 bits per heavy atom. The second-order valence-electron chi connectivity index (χ2n) is 12.8. The van der Waals surface area contributed by atoms with Gasteiger partial charge < -0.3 is 8.98 Å². The second kappa shape index (κ2) is 20.3. The highest BCUT2D eigenvalue weighted by molar-refractivity contribution is 5.25. The largest absolute Gasteiger partial charge is 0.425 e. The molecule has 0 fully saturated rings. The third kappa shape index (κ3) is 13.9. The van der Waals surface area contributed by atoms with Crippen molar-refractivity contribution in [2.45, 2.75) is 106 Å². The maximum Gasteiger partial charge on any atom is 0.252 e. The minimum atomic E-state index is 0.339. The van der Waals surface area contributed by atoms with Crippen molar-refractivity contribution in [1.29, 1.82) is 0 Å². The minimum Gasteiger partial charge on any atom is -0.425 e. The van der Waals surface area contributed by atoms with Gasteiger partial charge in [-0.2, -0.15) is 4.98 Å². The number of rotatable bonds is 5. The van der Waals surface area contributed by atoms with Gasteiger partial charge in [-0.1, -0.05) is 69.2 Å². The van der Waals surface area contributed by atoms with E-state index in [1.165, 1.54) is 0 Å². The molecule has 0 saturated carbocycles. The molecule has 0 spiro atoms. The van der Waals surface area contributed by atoms with Crippen LogP contribution >= 0.6 is 0 Å². The van der Waals surface area contributed by atoms with Crippen LogP contribution in [0.2, 0.25) is 0 Å². The summed E-state index contributed by atoms with van der Waals surface area (Å²) >= 11 is 0. The zero-order chi connectivity index (χ0) is 36.5. The van der Waals surface area contributed by atoms with Crippen LogP contribution in [0.4, 0.5) is 0 Å². The molecule has 0 amide bonds. The van der Waals surface area contributed by atoms with Gasteiger partial charge in [-0.15, -0.1) is 15.3 Å². The van der Waals surface area contributed by atoms with Crippen molar-refractivity contribution in [2.75, 3.05) is 0 Å². The maximum absolute atomic E-state index is 9.20. The molecule has 6 aromatic heterocycles. The van der Waals surface area contributed by atoms with Crippen molar-refractivity contribution >= 4 is 5.78 Å². The van der Waals surface area contributed by atoms with Crippen LogP contribution in [0.1, 0.15) is 134 Å². The summed E-state index contributed by atoms with van der Waals surface area (Å²) in [6.45, 7) is 22.5. The molecule has 264 valence electrons. The Morgan fingerprint density at radius 2 is 1.47 bits per heavy atom. The van der Waals surface area contributed by atoms with Gasteiger partial charge in [0.2, 0.25) is 23.7 Å². The molecule has 0 saturated heterocycles. The van der Waals surface area contributed by atoms with E-state index in [9.17, 15) is 5.21 Å². The molecule has 6 heterocycles. The topological polar surface area (TPSA) is 150 Å². The quantitative estimate of drug-likeness (QED) is 0.147. The van der Waals surface area contributed by atoms with Gasteiger partial charge in [0, 0.05) is 97.9 Å². The molecule has 0 unspecified atom stereocenters. The molecule has 0 atom stereocenters. The first-order chi connectivity index (χ1) is 23.2.